The molecule has 5 heteroatoms. The van der Waals surface area contributed by atoms with Crippen LogP contribution < -0.4 is 5.19 Å². The van der Waals surface area contributed by atoms with Crippen molar-refractivity contribution in [1.82, 2.24) is 9.97 Å². The largest absolute Gasteiger partial charge is 0.304 e. The molecule has 3 aromatic heterocycles. The molecule has 0 fully saturated rings. The number of pyridine rings is 2. The van der Waals surface area contributed by atoms with Crippen molar-refractivity contribution in [2.45, 2.75) is 33.5 Å². The summed E-state index contributed by atoms with van der Waals surface area (Å²) in [7, 11) is -1.30. The van der Waals surface area contributed by atoms with Gasteiger partial charge in [-0.15, -0.1) is 59.7 Å². The average Bonchev–Trinajstić information content (AvgIpc) is 3.28. The summed E-state index contributed by atoms with van der Waals surface area (Å²) in [6, 6.07) is 33.9. The average molecular weight is 707 g/mol. The first-order valence-corrected chi connectivity index (χ1v) is 16.8. The molecule has 2 nitrogen and oxygen atoms in total. The number of nitrogens with zero attached hydrogens (tertiary/aromatic N) is 2. The Hall–Kier alpha value is -2.95. The summed E-state index contributed by atoms with van der Waals surface area (Å²) in [5.41, 5.74) is 6.50. The van der Waals surface area contributed by atoms with E-state index in [1.807, 2.05) is 67.1 Å². The quantitative estimate of drug-likeness (QED) is 0.136. The molecule has 0 atom stereocenters. The van der Waals surface area contributed by atoms with Gasteiger partial charge < -0.3 is 9.97 Å². The fraction of sp³-hybridized carbons (Fsp3) is 0.152. The molecular weight excluding hydrogens is 677 g/mol. The van der Waals surface area contributed by atoms with E-state index in [-0.39, 0.29) is 20.1 Å². The summed E-state index contributed by atoms with van der Waals surface area (Å²) in [5.74, 6) is 0. The molecule has 3 heterocycles. The van der Waals surface area contributed by atoms with Crippen LogP contribution in [0.1, 0.15) is 11.1 Å². The normalized spacial score (nSPS) is 11.1. The van der Waals surface area contributed by atoms with Crippen LogP contribution in [0.2, 0.25) is 19.6 Å². The zero-order valence-corrected chi connectivity index (χ0v) is 26.5. The number of hydrogen-bond acceptors (Lipinski definition) is 3. The summed E-state index contributed by atoms with van der Waals surface area (Å²) in [4.78, 5) is 8.93. The fourth-order valence-electron chi connectivity index (χ4n) is 4.19. The molecule has 0 saturated carbocycles. The van der Waals surface area contributed by atoms with Crippen molar-refractivity contribution in [2.24, 2.45) is 0 Å². The minimum Gasteiger partial charge on any atom is -0.304 e. The molecule has 6 rings (SSSR count). The molecule has 3 aromatic carbocycles. The van der Waals surface area contributed by atoms with Crippen LogP contribution in [0.3, 0.4) is 0 Å². The van der Waals surface area contributed by atoms with Gasteiger partial charge in [0, 0.05) is 37.2 Å². The maximum atomic E-state index is 4.61. The van der Waals surface area contributed by atoms with E-state index in [2.05, 4.69) is 91.1 Å². The van der Waals surface area contributed by atoms with Crippen LogP contribution in [0.15, 0.2) is 91.3 Å². The number of fused-ring (bicyclic) bond motifs is 3. The van der Waals surface area contributed by atoms with Crippen molar-refractivity contribution in [3.05, 3.63) is 115 Å². The summed E-state index contributed by atoms with van der Waals surface area (Å²) >= 11 is 1.87. The molecule has 1 radical (unpaired) electrons. The topological polar surface area (TPSA) is 25.8 Å². The second-order valence-corrected chi connectivity index (χ2v) is 16.5. The van der Waals surface area contributed by atoms with Crippen LogP contribution in [0, 0.1) is 26.0 Å². The van der Waals surface area contributed by atoms with E-state index in [4.69, 9.17) is 0 Å². The molecule has 6 aromatic rings. The second kappa shape index (κ2) is 11.8. The van der Waals surface area contributed by atoms with Crippen molar-refractivity contribution < 1.29 is 20.1 Å². The summed E-state index contributed by atoms with van der Waals surface area (Å²) in [6.07, 6.45) is 3.80. The van der Waals surface area contributed by atoms with E-state index in [1.54, 1.807) is 0 Å². The molecule has 0 saturated heterocycles. The standard InChI is InChI=1S/C21H20NSSi.C12H10N.Ir/c1-14-8-11-19(22-13-14)18-7-5-6-17-16-10-9-15(24(2,3)4)12-20(16)23-21(17)18;1-10-7-8-12(13-9-10)11-5-3-2-4-6-11;/h5-6,8-13H,1-4H3;2-5,7-9H,1H3;/q2*-1;. The van der Waals surface area contributed by atoms with Crippen molar-refractivity contribution in [2.75, 3.05) is 0 Å². The number of thiophene rings is 1. The Kier molecular flexibility index (Phi) is 8.74. The fourth-order valence-corrected chi connectivity index (χ4v) is 6.71. The summed E-state index contributed by atoms with van der Waals surface area (Å²) in [5, 5.41) is 4.17. The van der Waals surface area contributed by atoms with Gasteiger partial charge in [0.1, 0.15) is 0 Å². The van der Waals surface area contributed by atoms with E-state index in [0.717, 1.165) is 22.5 Å². The van der Waals surface area contributed by atoms with Gasteiger partial charge in [-0.05, 0) is 52.5 Å². The predicted octanol–water partition coefficient (Wildman–Crippen LogP) is 8.63. The predicted molar refractivity (Wildman–Crippen MR) is 162 cm³/mol. The first-order valence-electron chi connectivity index (χ1n) is 12.5. The van der Waals surface area contributed by atoms with Gasteiger partial charge in [0.25, 0.3) is 0 Å². The van der Waals surface area contributed by atoms with Gasteiger partial charge in [0.2, 0.25) is 0 Å². The molecule has 38 heavy (non-hydrogen) atoms. The van der Waals surface area contributed by atoms with Crippen LogP contribution in [-0.4, -0.2) is 18.0 Å². The Morgan fingerprint density at radius 2 is 1.42 bits per heavy atom. The van der Waals surface area contributed by atoms with E-state index in [0.29, 0.717) is 0 Å². The SMILES string of the molecule is Cc1ccc(-c2[c-]ccc3c2sc2cc([Si](C)(C)C)ccc23)nc1.Cc1ccc(-c2[c-]cccc2)nc1.[Ir]. The van der Waals surface area contributed by atoms with Gasteiger partial charge in [-0.1, -0.05) is 66.6 Å². The van der Waals surface area contributed by atoms with Gasteiger partial charge >= 0.3 is 0 Å². The van der Waals surface area contributed by atoms with Crippen LogP contribution >= 0.6 is 11.3 Å². The zero-order valence-electron chi connectivity index (χ0n) is 22.3. The monoisotopic (exact) mass is 707 g/mol. The van der Waals surface area contributed by atoms with E-state index in [1.165, 1.54) is 36.5 Å². The Balaban J connectivity index is 0.000000204. The second-order valence-electron chi connectivity index (χ2n) is 10.4. The van der Waals surface area contributed by atoms with Crippen molar-refractivity contribution >= 4 is 44.8 Å². The zero-order chi connectivity index (χ0) is 26.0. The number of aryl methyl sites for hydroxylation is 2. The van der Waals surface area contributed by atoms with Gasteiger partial charge in [-0.3, -0.25) is 0 Å². The molecule has 0 N–H and O–H groups in total. The van der Waals surface area contributed by atoms with E-state index >= 15 is 0 Å². The molecule has 0 aliphatic heterocycles. The Morgan fingerprint density at radius 1 is 0.711 bits per heavy atom. The minimum absolute atomic E-state index is 0. The molecule has 0 aliphatic carbocycles. The molecule has 0 amide bonds. The summed E-state index contributed by atoms with van der Waals surface area (Å²) in [6.45, 7) is 11.3. The first kappa shape index (κ1) is 28.1. The van der Waals surface area contributed by atoms with Crippen LogP contribution in [0.25, 0.3) is 42.7 Å². The molecule has 0 unspecified atom stereocenters. The molecule has 0 aliphatic rings. The maximum Gasteiger partial charge on any atom is 0.0776 e. The molecular formula is C33H30IrN2SSi-2. The van der Waals surface area contributed by atoms with Gasteiger partial charge in [0.05, 0.1) is 8.07 Å². The van der Waals surface area contributed by atoms with Crippen molar-refractivity contribution in [3.63, 3.8) is 0 Å². The van der Waals surface area contributed by atoms with Crippen LogP contribution in [-0.2, 0) is 20.1 Å². The Morgan fingerprint density at radius 3 is 2.03 bits per heavy atom. The van der Waals surface area contributed by atoms with Crippen molar-refractivity contribution in [3.8, 4) is 22.5 Å². The Labute approximate surface area is 244 Å². The van der Waals surface area contributed by atoms with Gasteiger partial charge in [0.15, 0.2) is 0 Å². The number of benzene rings is 3. The summed E-state index contributed by atoms with van der Waals surface area (Å²) < 4.78 is 2.66. The van der Waals surface area contributed by atoms with Crippen LogP contribution in [0.5, 0.6) is 0 Å². The van der Waals surface area contributed by atoms with Crippen LogP contribution in [0.4, 0.5) is 0 Å². The van der Waals surface area contributed by atoms with Crippen molar-refractivity contribution in [1.29, 1.82) is 0 Å². The number of rotatable bonds is 3. The van der Waals surface area contributed by atoms with E-state index in [9.17, 15) is 0 Å². The third-order valence-corrected chi connectivity index (χ3v) is 9.59. The smallest absolute Gasteiger partial charge is 0.0776 e. The molecule has 193 valence electrons. The molecule has 0 spiro atoms. The third kappa shape index (κ3) is 6.19. The van der Waals surface area contributed by atoms with Gasteiger partial charge in [-0.2, -0.15) is 11.3 Å². The number of aromatic nitrogens is 2. The molecule has 0 bridgehead atoms. The first-order chi connectivity index (χ1) is 17.8. The number of hydrogen-bond donors (Lipinski definition) is 0. The Bertz CT molecular complexity index is 1650. The maximum absolute atomic E-state index is 4.61. The minimum atomic E-state index is -1.30. The van der Waals surface area contributed by atoms with Gasteiger partial charge in [-0.25, -0.2) is 0 Å². The van der Waals surface area contributed by atoms with E-state index < -0.39 is 8.07 Å². The third-order valence-electron chi connectivity index (χ3n) is 6.36.